The summed E-state index contributed by atoms with van der Waals surface area (Å²) in [6, 6.07) is 10.1. The molecule has 0 aliphatic rings. The van der Waals surface area contributed by atoms with E-state index in [-0.39, 0.29) is 5.11 Å². The van der Waals surface area contributed by atoms with Gasteiger partial charge in [0, 0.05) is 8.59 Å². The van der Waals surface area contributed by atoms with Gasteiger partial charge in [0.2, 0.25) is 0 Å². The number of halogens is 4. The summed E-state index contributed by atoms with van der Waals surface area (Å²) in [6.45, 7) is 0. The zero-order chi connectivity index (χ0) is 16.3. The van der Waals surface area contributed by atoms with Gasteiger partial charge < -0.3 is 5.32 Å². The van der Waals surface area contributed by atoms with Crippen LogP contribution in [0.25, 0.3) is 0 Å². The van der Waals surface area contributed by atoms with E-state index >= 15 is 0 Å². The minimum atomic E-state index is -0.397. The predicted octanol–water partition coefficient (Wildman–Crippen LogP) is 5.38. The Morgan fingerprint density at radius 3 is 2.45 bits per heavy atom. The highest BCUT2D eigenvalue weighted by Crippen LogP contribution is 2.25. The molecule has 0 radical (unpaired) electrons. The average molecular weight is 486 g/mol. The summed E-state index contributed by atoms with van der Waals surface area (Å²) in [6.07, 6.45) is 0. The molecule has 0 aliphatic heterocycles. The Bertz CT molecular complexity index is 755. The van der Waals surface area contributed by atoms with Crippen LogP contribution in [0.4, 0.5) is 5.69 Å². The van der Waals surface area contributed by atoms with Gasteiger partial charge in [-0.1, -0.05) is 34.8 Å². The van der Waals surface area contributed by atoms with Gasteiger partial charge >= 0.3 is 0 Å². The van der Waals surface area contributed by atoms with Crippen LogP contribution in [0.3, 0.4) is 0 Å². The van der Waals surface area contributed by atoms with Crippen LogP contribution in [-0.2, 0) is 0 Å². The van der Waals surface area contributed by atoms with E-state index in [2.05, 4.69) is 33.2 Å². The summed E-state index contributed by atoms with van der Waals surface area (Å²) < 4.78 is 0.895. The van der Waals surface area contributed by atoms with Crippen molar-refractivity contribution < 1.29 is 4.79 Å². The van der Waals surface area contributed by atoms with Crippen molar-refractivity contribution in [2.45, 2.75) is 0 Å². The third-order valence-corrected chi connectivity index (χ3v) is 4.33. The third-order valence-electron chi connectivity index (χ3n) is 2.58. The highest BCUT2D eigenvalue weighted by Gasteiger charge is 2.13. The predicted molar refractivity (Wildman–Crippen MR) is 104 cm³/mol. The first-order chi connectivity index (χ1) is 10.4. The molecule has 0 aromatic heterocycles. The summed E-state index contributed by atoms with van der Waals surface area (Å²) in [5.74, 6) is -0.397. The monoisotopic (exact) mass is 484 g/mol. The topological polar surface area (TPSA) is 41.1 Å². The van der Waals surface area contributed by atoms with Crippen LogP contribution in [0.1, 0.15) is 10.4 Å². The normalized spacial score (nSPS) is 10.2. The molecule has 3 nitrogen and oxygen atoms in total. The average Bonchev–Trinajstić information content (AvgIpc) is 2.44. The zero-order valence-corrected chi connectivity index (χ0v) is 16.0. The highest BCUT2D eigenvalue weighted by atomic mass is 127. The lowest BCUT2D eigenvalue weighted by molar-refractivity contribution is 0.0978. The Balaban J connectivity index is 2.08. The molecule has 0 heterocycles. The summed E-state index contributed by atoms with van der Waals surface area (Å²) in [7, 11) is 0. The van der Waals surface area contributed by atoms with Gasteiger partial charge in [-0.2, -0.15) is 0 Å². The van der Waals surface area contributed by atoms with E-state index in [9.17, 15) is 4.79 Å². The molecule has 0 aliphatic carbocycles. The number of anilines is 1. The summed E-state index contributed by atoms with van der Waals surface area (Å²) in [5.41, 5.74) is 0.894. The number of hydrogen-bond donors (Lipinski definition) is 2. The molecule has 0 saturated carbocycles. The van der Waals surface area contributed by atoms with E-state index in [1.165, 1.54) is 0 Å². The van der Waals surface area contributed by atoms with Crippen LogP contribution in [-0.4, -0.2) is 11.0 Å². The van der Waals surface area contributed by atoms with Gasteiger partial charge in [0.25, 0.3) is 5.91 Å². The van der Waals surface area contributed by atoms with Gasteiger partial charge in [-0.25, -0.2) is 0 Å². The second-order valence-electron chi connectivity index (χ2n) is 4.16. The third kappa shape index (κ3) is 4.70. The van der Waals surface area contributed by atoms with E-state index < -0.39 is 5.91 Å². The molecule has 114 valence electrons. The van der Waals surface area contributed by atoms with Crippen LogP contribution in [0.15, 0.2) is 36.4 Å². The van der Waals surface area contributed by atoms with E-state index in [4.69, 9.17) is 47.0 Å². The van der Waals surface area contributed by atoms with Gasteiger partial charge in [0.1, 0.15) is 0 Å². The standard InChI is InChI=1S/C14H8Cl3IN2OS/c15-7-1-4-12(11(17)5-7)19-14(22)20-13(21)9-6-8(18)2-3-10(9)16/h1-6H,(H2,19,20,21,22). The molecule has 0 saturated heterocycles. The molecule has 1 amide bonds. The van der Waals surface area contributed by atoms with Gasteiger partial charge in [0.05, 0.1) is 21.3 Å². The fourth-order valence-corrected chi connectivity index (χ4v) is 2.94. The van der Waals surface area contributed by atoms with Gasteiger partial charge in [-0.15, -0.1) is 0 Å². The molecule has 22 heavy (non-hydrogen) atoms. The summed E-state index contributed by atoms with van der Waals surface area (Å²) in [4.78, 5) is 12.2. The molecule has 0 atom stereocenters. The van der Waals surface area contributed by atoms with Gasteiger partial charge in [0.15, 0.2) is 5.11 Å². The Morgan fingerprint density at radius 2 is 1.77 bits per heavy atom. The lowest BCUT2D eigenvalue weighted by Gasteiger charge is -2.12. The highest BCUT2D eigenvalue weighted by molar-refractivity contribution is 14.1. The van der Waals surface area contributed by atoms with Crippen LogP contribution < -0.4 is 10.6 Å². The second kappa shape index (κ2) is 7.79. The largest absolute Gasteiger partial charge is 0.331 e. The maximum absolute atomic E-state index is 12.2. The molecule has 0 bridgehead atoms. The lowest BCUT2D eigenvalue weighted by atomic mass is 10.2. The number of hydrogen-bond acceptors (Lipinski definition) is 2. The van der Waals surface area contributed by atoms with E-state index in [0.717, 1.165) is 3.57 Å². The van der Waals surface area contributed by atoms with Crippen molar-refractivity contribution in [2.24, 2.45) is 0 Å². The molecule has 2 aromatic rings. The Labute approximate surface area is 161 Å². The van der Waals surface area contributed by atoms with Crippen LogP contribution >= 0.6 is 69.6 Å². The minimum absolute atomic E-state index is 0.115. The van der Waals surface area contributed by atoms with Crippen molar-refractivity contribution in [1.82, 2.24) is 5.32 Å². The van der Waals surface area contributed by atoms with E-state index in [1.807, 2.05) is 6.07 Å². The first-order valence-corrected chi connectivity index (χ1v) is 8.51. The van der Waals surface area contributed by atoms with Crippen molar-refractivity contribution in [1.29, 1.82) is 0 Å². The lowest BCUT2D eigenvalue weighted by Crippen LogP contribution is -2.34. The molecule has 2 aromatic carbocycles. The van der Waals surface area contributed by atoms with E-state index in [1.54, 1.807) is 30.3 Å². The molecule has 2 rings (SSSR count). The molecule has 0 fully saturated rings. The fourth-order valence-electron chi connectivity index (χ4n) is 1.59. The number of carbonyl (C=O) groups excluding carboxylic acids is 1. The minimum Gasteiger partial charge on any atom is -0.331 e. The Hall–Kier alpha value is -0.600. The smallest absolute Gasteiger partial charge is 0.258 e. The van der Waals surface area contributed by atoms with Crippen molar-refractivity contribution in [3.8, 4) is 0 Å². The van der Waals surface area contributed by atoms with Crippen molar-refractivity contribution in [2.75, 3.05) is 5.32 Å². The fraction of sp³-hybridized carbons (Fsp3) is 0. The molecular formula is C14H8Cl3IN2OS. The molecule has 0 spiro atoms. The number of nitrogens with one attached hydrogen (secondary N) is 2. The van der Waals surface area contributed by atoms with Crippen molar-refractivity contribution in [3.05, 3.63) is 60.6 Å². The number of amides is 1. The van der Waals surface area contributed by atoms with Crippen LogP contribution in [0.2, 0.25) is 15.1 Å². The number of thiocarbonyl (C=S) groups is 1. The Kier molecular flexibility index (Phi) is 6.28. The zero-order valence-electron chi connectivity index (χ0n) is 10.8. The number of carbonyl (C=O) groups is 1. The summed E-state index contributed by atoms with van der Waals surface area (Å²) in [5, 5.41) is 6.77. The first-order valence-electron chi connectivity index (χ1n) is 5.89. The Morgan fingerprint density at radius 1 is 1.05 bits per heavy atom. The molecule has 0 unspecified atom stereocenters. The maximum Gasteiger partial charge on any atom is 0.258 e. The SMILES string of the molecule is O=C(NC(=S)Nc1ccc(Cl)cc1Cl)c1cc(I)ccc1Cl. The van der Waals surface area contributed by atoms with Crippen LogP contribution in [0, 0.1) is 3.57 Å². The van der Waals surface area contributed by atoms with Crippen molar-refractivity contribution >= 4 is 86.3 Å². The quantitative estimate of drug-likeness (QED) is 0.444. The molecule has 2 N–H and O–H groups in total. The van der Waals surface area contributed by atoms with Crippen molar-refractivity contribution in [3.63, 3.8) is 0 Å². The van der Waals surface area contributed by atoms with Gasteiger partial charge in [-0.3, -0.25) is 10.1 Å². The second-order valence-corrected chi connectivity index (χ2v) is 7.06. The van der Waals surface area contributed by atoms with Crippen LogP contribution in [0.5, 0.6) is 0 Å². The van der Waals surface area contributed by atoms with Gasteiger partial charge in [-0.05, 0) is 71.2 Å². The summed E-state index contributed by atoms with van der Waals surface area (Å²) >= 11 is 25.1. The molecular weight excluding hydrogens is 477 g/mol. The molecule has 8 heteroatoms. The maximum atomic E-state index is 12.2. The number of rotatable bonds is 2. The van der Waals surface area contributed by atoms with E-state index in [0.29, 0.717) is 26.3 Å². The number of benzene rings is 2. The first kappa shape index (κ1) is 17.7.